The second-order valence-corrected chi connectivity index (χ2v) is 3.93. The Bertz CT molecular complexity index is 213. The summed E-state index contributed by atoms with van der Waals surface area (Å²) in [5.74, 6) is -0.133. The fraction of sp³-hybridized carbons (Fsp3) is 0.750. The third-order valence-corrected chi connectivity index (χ3v) is 2.78. The normalized spacial score (nSPS) is 25.9. The molecular weight excluding hydrogens is 192 g/mol. The lowest BCUT2D eigenvalue weighted by molar-refractivity contribution is -0.140. The summed E-state index contributed by atoms with van der Waals surface area (Å²) >= 11 is 0. The van der Waals surface area contributed by atoms with E-state index in [1.807, 2.05) is 6.08 Å². The van der Waals surface area contributed by atoms with Gasteiger partial charge in [-0.15, -0.1) is 6.58 Å². The second-order valence-electron chi connectivity index (χ2n) is 3.93. The summed E-state index contributed by atoms with van der Waals surface area (Å²) in [5, 5.41) is 0. The zero-order valence-electron chi connectivity index (χ0n) is 9.41. The maximum absolute atomic E-state index is 10.9. The molecule has 86 valence electrons. The zero-order valence-corrected chi connectivity index (χ0v) is 9.41. The van der Waals surface area contributed by atoms with Gasteiger partial charge < -0.3 is 9.47 Å². The molecule has 3 heteroatoms. The van der Waals surface area contributed by atoms with E-state index in [1.54, 1.807) is 0 Å². The molecule has 3 nitrogen and oxygen atoms in total. The Morgan fingerprint density at radius 2 is 2.40 bits per heavy atom. The molecule has 15 heavy (non-hydrogen) atoms. The maximum atomic E-state index is 10.9. The van der Waals surface area contributed by atoms with E-state index >= 15 is 0 Å². The van der Waals surface area contributed by atoms with Crippen molar-refractivity contribution >= 4 is 5.97 Å². The van der Waals surface area contributed by atoms with Gasteiger partial charge in [0.2, 0.25) is 0 Å². The van der Waals surface area contributed by atoms with E-state index in [1.165, 1.54) is 13.5 Å². The highest BCUT2D eigenvalue weighted by Gasteiger charge is 2.19. The Labute approximate surface area is 91.4 Å². The van der Waals surface area contributed by atoms with Crippen LogP contribution in [0.2, 0.25) is 0 Å². The summed E-state index contributed by atoms with van der Waals surface area (Å²) in [6.45, 7) is 3.74. The van der Waals surface area contributed by atoms with Gasteiger partial charge >= 0.3 is 5.97 Å². The molecule has 0 N–H and O–H groups in total. The zero-order chi connectivity index (χ0) is 11.1. The third-order valence-electron chi connectivity index (χ3n) is 2.78. The van der Waals surface area contributed by atoms with Crippen molar-refractivity contribution in [3.8, 4) is 0 Å². The van der Waals surface area contributed by atoms with Gasteiger partial charge in [-0.05, 0) is 32.1 Å². The van der Waals surface area contributed by atoms with E-state index in [-0.39, 0.29) is 12.1 Å². The van der Waals surface area contributed by atoms with Crippen LogP contribution in [0.15, 0.2) is 12.7 Å². The van der Waals surface area contributed by atoms with Crippen molar-refractivity contribution in [3.05, 3.63) is 12.7 Å². The van der Waals surface area contributed by atoms with Gasteiger partial charge in [-0.3, -0.25) is 4.79 Å². The molecule has 0 aromatic carbocycles. The van der Waals surface area contributed by atoms with Crippen molar-refractivity contribution < 1.29 is 14.3 Å². The largest absolute Gasteiger partial charge is 0.469 e. The van der Waals surface area contributed by atoms with Gasteiger partial charge in [0.1, 0.15) is 0 Å². The fourth-order valence-electron chi connectivity index (χ4n) is 1.89. The molecule has 0 radical (unpaired) electrons. The molecule has 0 spiro atoms. The van der Waals surface area contributed by atoms with E-state index in [4.69, 9.17) is 4.74 Å². The number of hydrogen-bond acceptors (Lipinski definition) is 3. The smallest absolute Gasteiger partial charge is 0.305 e. The highest BCUT2D eigenvalue weighted by atomic mass is 16.5. The van der Waals surface area contributed by atoms with Crippen molar-refractivity contribution in [1.82, 2.24) is 0 Å². The number of ether oxygens (including phenoxy) is 2. The first-order valence-corrected chi connectivity index (χ1v) is 5.61. The van der Waals surface area contributed by atoms with E-state index < -0.39 is 0 Å². The molecule has 0 amide bonds. The quantitative estimate of drug-likeness (QED) is 0.518. The standard InChI is InChI=1S/C12H20O3/c1-3-10-6-4-7-11(15-10)8-5-9-12(13)14-2/h3,10-11H,1,4-9H2,2H3/t10-,11-/m0/s1. The molecule has 1 aliphatic rings. The number of esters is 1. The molecule has 0 bridgehead atoms. The van der Waals surface area contributed by atoms with Crippen molar-refractivity contribution in [2.45, 2.75) is 50.7 Å². The Morgan fingerprint density at radius 1 is 1.60 bits per heavy atom. The van der Waals surface area contributed by atoms with Crippen molar-refractivity contribution in [1.29, 1.82) is 0 Å². The summed E-state index contributed by atoms with van der Waals surface area (Å²) < 4.78 is 10.4. The van der Waals surface area contributed by atoms with Gasteiger partial charge in [-0.1, -0.05) is 6.08 Å². The number of methoxy groups -OCH3 is 1. The summed E-state index contributed by atoms with van der Waals surface area (Å²) in [4.78, 5) is 10.9. The summed E-state index contributed by atoms with van der Waals surface area (Å²) in [6, 6.07) is 0. The van der Waals surface area contributed by atoms with E-state index in [9.17, 15) is 4.79 Å². The molecule has 0 aromatic rings. The third kappa shape index (κ3) is 4.47. The molecule has 1 rings (SSSR count). The van der Waals surface area contributed by atoms with Crippen LogP contribution in [0.1, 0.15) is 38.5 Å². The topological polar surface area (TPSA) is 35.5 Å². The minimum atomic E-state index is -0.133. The Balaban J connectivity index is 2.15. The molecule has 1 aliphatic heterocycles. The minimum Gasteiger partial charge on any atom is -0.469 e. The second kappa shape index (κ2) is 6.62. The molecule has 0 aliphatic carbocycles. The van der Waals surface area contributed by atoms with Gasteiger partial charge in [-0.2, -0.15) is 0 Å². The average molecular weight is 212 g/mol. The monoisotopic (exact) mass is 212 g/mol. The highest BCUT2D eigenvalue weighted by Crippen LogP contribution is 2.23. The lowest BCUT2D eigenvalue weighted by Gasteiger charge is -2.28. The highest BCUT2D eigenvalue weighted by molar-refractivity contribution is 5.68. The maximum Gasteiger partial charge on any atom is 0.305 e. The number of rotatable bonds is 5. The first-order valence-electron chi connectivity index (χ1n) is 5.61. The summed E-state index contributed by atoms with van der Waals surface area (Å²) in [5.41, 5.74) is 0. The Hall–Kier alpha value is -0.830. The van der Waals surface area contributed by atoms with Crippen molar-refractivity contribution in [2.75, 3.05) is 7.11 Å². The first kappa shape index (κ1) is 12.2. The van der Waals surface area contributed by atoms with Gasteiger partial charge in [0.25, 0.3) is 0 Å². The van der Waals surface area contributed by atoms with Crippen LogP contribution in [0, 0.1) is 0 Å². The Kier molecular flexibility index (Phi) is 5.40. The molecule has 0 saturated carbocycles. The predicted octanol–water partition coefficient (Wildman–Crippen LogP) is 2.45. The average Bonchev–Trinajstić information content (AvgIpc) is 2.29. The molecule has 0 unspecified atom stereocenters. The SMILES string of the molecule is C=C[C@H]1CCC[C@@H](CCCC(=O)OC)O1. The molecular formula is C12H20O3. The molecule has 1 heterocycles. The van der Waals surface area contributed by atoms with Crippen LogP contribution in [-0.2, 0) is 14.3 Å². The van der Waals surface area contributed by atoms with Crippen LogP contribution in [0.3, 0.4) is 0 Å². The first-order chi connectivity index (χ1) is 7.26. The molecule has 1 saturated heterocycles. The fourth-order valence-corrected chi connectivity index (χ4v) is 1.89. The van der Waals surface area contributed by atoms with Crippen LogP contribution in [0.25, 0.3) is 0 Å². The lowest BCUT2D eigenvalue weighted by Crippen LogP contribution is -2.26. The molecule has 2 atom stereocenters. The summed E-state index contributed by atoms with van der Waals surface area (Å²) in [7, 11) is 1.42. The van der Waals surface area contributed by atoms with E-state index in [2.05, 4.69) is 11.3 Å². The summed E-state index contributed by atoms with van der Waals surface area (Å²) in [6.07, 6.45) is 8.04. The van der Waals surface area contributed by atoms with Crippen LogP contribution in [0.4, 0.5) is 0 Å². The van der Waals surface area contributed by atoms with E-state index in [0.29, 0.717) is 12.5 Å². The van der Waals surface area contributed by atoms with Crippen LogP contribution in [-0.4, -0.2) is 25.3 Å². The number of carbonyl (C=O) groups excluding carboxylic acids is 1. The minimum absolute atomic E-state index is 0.133. The predicted molar refractivity (Wildman–Crippen MR) is 58.6 cm³/mol. The lowest BCUT2D eigenvalue weighted by atomic mass is 10.00. The molecule has 1 fully saturated rings. The Morgan fingerprint density at radius 3 is 3.07 bits per heavy atom. The van der Waals surface area contributed by atoms with Gasteiger partial charge in [0.05, 0.1) is 19.3 Å². The van der Waals surface area contributed by atoms with Crippen LogP contribution < -0.4 is 0 Å². The molecule has 0 aromatic heterocycles. The van der Waals surface area contributed by atoms with Gasteiger partial charge in [-0.25, -0.2) is 0 Å². The number of carbonyl (C=O) groups is 1. The van der Waals surface area contributed by atoms with Crippen molar-refractivity contribution in [3.63, 3.8) is 0 Å². The van der Waals surface area contributed by atoms with Gasteiger partial charge in [0.15, 0.2) is 0 Å². The van der Waals surface area contributed by atoms with Crippen LogP contribution >= 0.6 is 0 Å². The van der Waals surface area contributed by atoms with Crippen molar-refractivity contribution in [2.24, 2.45) is 0 Å². The number of hydrogen-bond donors (Lipinski definition) is 0. The van der Waals surface area contributed by atoms with Gasteiger partial charge in [0, 0.05) is 6.42 Å². The van der Waals surface area contributed by atoms with Crippen LogP contribution in [0.5, 0.6) is 0 Å². The van der Waals surface area contributed by atoms with E-state index in [0.717, 1.165) is 25.7 Å².